The summed E-state index contributed by atoms with van der Waals surface area (Å²) in [6.45, 7) is 2.86. The topological polar surface area (TPSA) is 65.1 Å². The smallest absolute Gasteiger partial charge is 0.322 e. The molecule has 1 atom stereocenters. The number of piperazine rings is 1. The first-order chi connectivity index (χ1) is 12.1. The minimum atomic E-state index is -0.285. The molecule has 2 aliphatic rings. The number of nitrogens with zero attached hydrogens (tertiary/aromatic N) is 3. The van der Waals surface area contributed by atoms with Crippen LogP contribution in [0.1, 0.15) is 12.8 Å². The summed E-state index contributed by atoms with van der Waals surface area (Å²) < 4.78 is 5.47. The highest BCUT2D eigenvalue weighted by molar-refractivity contribution is 5.93. The molecule has 7 nitrogen and oxygen atoms in total. The first-order valence-corrected chi connectivity index (χ1v) is 8.79. The summed E-state index contributed by atoms with van der Waals surface area (Å²) >= 11 is 0. The molecule has 0 aliphatic carbocycles. The second-order valence-corrected chi connectivity index (χ2v) is 6.66. The van der Waals surface area contributed by atoms with Crippen molar-refractivity contribution < 1.29 is 14.3 Å². The van der Waals surface area contributed by atoms with Crippen LogP contribution in [0.15, 0.2) is 24.3 Å². The van der Waals surface area contributed by atoms with E-state index in [4.69, 9.17) is 4.74 Å². The van der Waals surface area contributed by atoms with Gasteiger partial charge in [-0.15, -0.1) is 0 Å². The molecular formula is C18H26N4O3. The lowest BCUT2D eigenvalue weighted by Gasteiger charge is -2.35. The van der Waals surface area contributed by atoms with Crippen molar-refractivity contribution in [2.24, 2.45) is 0 Å². The van der Waals surface area contributed by atoms with E-state index in [0.717, 1.165) is 24.2 Å². The minimum Gasteiger partial charge on any atom is -0.376 e. The van der Waals surface area contributed by atoms with Crippen LogP contribution >= 0.6 is 0 Å². The van der Waals surface area contributed by atoms with Gasteiger partial charge in [-0.3, -0.25) is 4.79 Å². The number of benzene rings is 1. The molecule has 2 aliphatic heterocycles. The molecule has 0 radical (unpaired) electrons. The van der Waals surface area contributed by atoms with E-state index in [-0.39, 0.29) is 18.0 Å². The highest BCUT2D eigenvalue weighted by Gasteiger charge is 2.31. The van der Waals surface area contributed by atoms with Gasteiger partial charge < -0.3 is 24.8 Å². The van der Waals surface area contributed by atoms with Crippen molar-refractivity contribution in [3.8, 4) is 0 Å². The first-order valence-electron chi connectivity index (χ1n) is 8.79. The molecule has 3 rings (SSSR count). The molecule has 1 unspecified atom stereocenters. The summed E-state index contributed by atoms with van der Waals surface area (Å²) in [4.78, 5) is 30.4. The fourth-order valence-electron chi connectivity index (χ4n) is 3.27. The van der Waals surface area contributed by atoms with Gasteiger partial charge in [0.05, 0.1) is 11.4 Å². The van der Waals surface area contributed by atoms with Crippen molar-refractivity contribution in [1.82, 2.24) is 9.80 Å². The van der Waals surface area contributed by atoms with Crippen molar-refractivity contribution >= 4 is 23.3 Å². The number of anilines is 2. The van der Waals surface area contributed by atoms with Crippen molar-refractivity contribution in [2.45, 2.75) is 18.9 Å². The number of urea groups is 1. The Hall–Kier alpha value is -2.28. The zero-order chi connectivity index (χ0) is 17.8. The van der Waals surface area contributed by atoms with Crippen molar-refractivity contribution in [3.63, 3.8) is 0 Å². The molecule has 2 saturated heterocycles. The number of rotatable bonds is 3. The average molecular weight is 346 g/mol. The van der Waals surface area contributed by atoms with Gasteiger partial charge >= 0.3 is 6.03 Å². The van der Waals surface area contributed by atoms with Crippen LogP contribution in [0.5, 0.6) is 0 Å². The maximum atomic E-state index is 12.5. The molecule has 2 fully saturated rings. The lowest BCUT2D eigenvalue weighted by Crippen LogP contribution is -2.53. The van der Waals surface area contributed by atoms with Crippen LogP contribution in [0.25, 0.3) is 0 Å². The number of ether oxygens (including phenoxy) is 1. The monoisotopic (exact) mass is 346 g/mol. The average Bonchev–Trinajstić information content (AvgIpc) is 3.16. The third-order valence-electron chi connectivity index (χ3n) is 4.71. The molecule has 0 saturated carbocycles. The van der Waals surface area contributed by atoms with Crippen LogP contribution in [-0.4, -0.2) is 74.7 Å². The van der Waals surface area contributed by atoms with Gasteiger partial charge in [0.1, 0.15) is 6.10 Å². The maximum absolute atomic E-state index is 12.5. The molecule has 0 aromatic heterocycles. The van der Waals surface area contributed by atoms with E-state index in [1.54, 1.807) is 4.90 Å². The van der Waals surface area contributed by atoms with Gasteiger partial charge in [-0.25, -0.2) is 4.79 Å². The van der Waals surface area contributed by atoms with Gasteiger partial charge in [0.25, 0.3) is 5.91 Å². The highest BCUT2D eigenvalue weighted by Crippen LogP contribution is 2.24. The minimum absolute atomic E-state index is 0.0653. The van der Waals surface area contributed by atoms with Gasteiger partial charge in [-0.05, 0) is 25.0 Å². The summed E-state index contributed by atoms with van der Waals surface area (Å²) in [5.41, 5.74) is 1.75. The maximum Gasteiger partial charge on any atom is 0.322 e. The number of para-hydroxylation sites is 2. The predicted octanol–water partition coefficient (Wildman–Crippen LogP) is 1.61. The summed E-state index contributed by atoms with van der Waals surface area (Å²) in [7, 11) is 3.89. The highest BCUT2D eigenvalue weighted by atomic mass is 16.5. The third-order valence-corrected chi connectivity index (χ3v) is 4.71. The Morgan fingerprint density at radius 2 is 1.80 bits per heavy atom. The van der Waals surface area contributed by atoms with Crippen LogP contribution in [0.4, 0.5) is 16.2 Å². The molecule has 0 spiro atoms. The number of nitrogens with one attached hydrogen (secondary N) is 1. The number of hydrogen-bond acceptors (Lipinski definition) is 4. The Morgan fingerprint density at radius 1 is 1.12 bits per heavy atom. The molecule has 25 heavy (non-hydrogen) atoms. The predicted molar refractivity (Wildman–Crippen MR) is 96.9 cm³/mol. The first kappa shape index (κ1) is 17.5. The van der Waals surface area contributed by atoms with Crippen LogP contribution in [0.3, 0.4) is 0 Å². The van der Waals surface area contributed by atoms with Gasteiger partial charge in [-0.2, -0.15) is 0 Å². The zero-order valence-electron chi connectivity index (χ0n) is 14.9. The third kappa shape index (κ3) is 4.04. The summed E-state index contributed by atoms with van der Waals surface area (Å²) in [5.74, 6) is 0.0653. The standard InChI is InChI=1S/C18H26N4O3/c1-20(2)15-7-4-3-6-14(15)19-18(24)22-11-9-21(10-12-22)17(23)16-8-5-13-25-16/h3-4,6-7,16H,5,8-13H2,1-2H3,(H,19,24). The van der Waals surface area contributed by atoms with Crippen molar-refractivity contribution in [1.29, 1.82) is 0 Å². The Kier molecular flexibility index (Phi) is 5.43. The van der Waals surface area contributed by atoms with Crippen LogP contribution in [-0.2, 0) is 9.53 Å². The molecule has 1 aromatic rings. The lowest BCUT2D eigenvalue weighted by molar-refractivity contribution is -0.142. The van der Waals surface area contributed by atoms with Gasteiger partial charge in [0, 0.05) is 46.9 Å². The molecule has 2 heterocycles. The van der Waals surface area contributed by atoms with Gasteiger partial charge in [-0.1, -0.05) is 12.1 Å². The summed E-state index contributed by atoms with van der Waals surface area (Å²) in [6, 6.07) is 7.58. The zero-order valence-corrected chi connectivity index (χ0v) is 14.9. The van der Waals surface area contributed by atoms with E-state index >= 15 is 0 Å². The van der Waals surface area contributed by atoms with Crippen LogP contribution in [0, 0.1) is 0 Å². The fourth-order valence-corrected chi connectivity index (χ4v) is 3.27. The fraction of sp³-hybridized carbons (Fsp3) is 0.556. The van der Waals surface area contributed by atoms with Gasteiger partial charge in [0.2, 0.25) is 0 Å². The SMILES string of the molecule is CN(C)c1ccccc1NC(=O)N1CCN(C(=O)C2CCCO2)CC1. The second-order valence-electron chi connectivity index (χ2n) is 6.66. The number of carbonyl (C=O) groups is 2. The van der Waals surface area contributed by atoms with E-state index in [1.165, 1.54) is 0 Å². The molecule has 1 aromatic carbocycles. The van der Waals surface area contributed by atoms with Crippen molar-refractivity contribution in [2.75, 3.05) is 57.1 Å². The Balaban J connectivity index is 1.54. The molecule has 0 bridgehead atoms. The number of carbonyl (C=O) groups excluding carboxylic acids is 2. The lowest BCUT2D eigenvalue weighted by atomic mass is 10.2. The van der Waals surface area contributed by atoms with E-state index in [0.29, 0.717) is 32.8 Å². The van der Waals surface area contributed by atoms with E-state index in [2.05, 4.69) is 5.32 Å². The van der Waals surface area contributed by atoms with Crippen LogP contribution in [0.2, 0.25) is 0 Å². The Labute approximate surface area is 148 Å². The summed E-state index contributed by atoms with van der Waals surface area (Å²) in [6.07, 6.45) is 1.47. The largest absolute Gasteiger partial charge is 0.376 e. The molecule has 136 valence electrons. The normalized spacial score (nSPS) is 20.5. The van der Waals surface area contributed by atoms with E-state index in [1.807, 2.05) is 48.2 Å². The summed E-state index contributed by atoms with van der Waals surface area (Å²) in [5, 5.41) is 2.98. The molecular weight excluding hydrogens is 320 g/mol. The molecule has 7 heteroatoms. The van der Waals surface area contributed by atoms with Crippen LogP contribution < -0.4 is 10.2 Å². The quantitative estimate of drug-likeness (QED) is 0.903. The molecule has 3 amide bonds. The Morgan fingerprint density at radius 3 is 2.44 bits per heavy atom. The molecule has 1 N–H and O–H groups in total. The number of amides is 3. The number of hydrogen-bond donors (Lipinski definition) is 1. The van der Waals surface area contributed by atoms with Crippen molar-refractivity contribution in [3.05, 3.63) is 24.3 Å². The van der Waals surface area contributed by atoms with E-state index in [9.17, 15) is 9.59 Å². The Bertz CT molecular complexity index is 621. The second kappa shape index (κ2) is 7.74. The van der Waals surface area contributed by atoms with Gasteiger partial charge in [0.15, 0.2) is 0 Å². The van der Waals surface area contributed by atoms with E-state index < -0.39 is 0 Å².